The number of rotatable bonds is 7. The van der Waals surface area contributed by atoms with Gasteiger partial charge in [-0.2, -0.15) is 4.98 Å². The van der Waals surface area contributed by atoms with Crippen LogP contribution in [0.4, 0.5) is 5.95 Å². The van der Waals surface area contributed by atoms with E-state index < -0.39 is 0 Å². The number of hydrogen-bond donors (Lipinski definition) is 1. The van der Waals surface area contributed by atoms with Crippen molar-refractivity contribution in [2.24, 2.45) is 0 Å². The maximum absolute atomic E-state index is 5.73. The molecule has 0 saturated carbocycles. The molecule has 0 aromatic carbocycles. The molecule has 18 heavy (non-hydrogen) atoms. The van der Waals surface area contributed by atoms with Crippen LogP contribution >= 0.6 is 11.3 Å². The second-order valence-corrected chi connectivity index (χ2v) is 4.70. The number of hydrogen-bond acceptors (Lipinski definition) is 5. The van der Waals surface area contributed by atoms with Crippen molar-refractivity contribution in [1.82, 2.24) is 9.97 Å². The first-order valence-electron chi connectivity index (χ1n) is 6.08. The van der Waals surface area contributed by atoms with Gasteiger partial charge in [-0.15, -0.1) is 17.9 Å². The number of ether oxygens (including phenoxy) is 1. The molecule has 0 amide bonds. The molecule has 0 aliphatic carbocycles. The van der Waals surface area contributed by atoms with E-state index >= 15 is 0 Å². The molecule has 0 fully saturated rings. The molecule has 0 atom stereocenters. The van der Waals surface area contributed by atoms with E-state index in [9.17, 15) is 0 Å². The Kier molecular flexibility index (Phi) is 4.52. The monoisotopic (exact) mass is 263 g/mol. The molecular weight excluding hydrogens is 246 g/mol. The van der Waals surface area contributed by atoms with Gasteiger partial charge in [0.05, 0.1) is 12.0 Å². The summed E-state index contributed by atoms with van der Waals surface area (Å²) in [5.74, 6) is 1.30. The lowest BCUT2D eigenvalue weighted by Crippen LogP contribution is -2.05. The minimum atomic E-state index is 0.631. The van der Waals surface area contributed by atoms with Crippen LogP contribution in [0.2, 0.25) is 0 Å². The number of unbranched alkanes of at least 4 members (excludes halogenated alkanes) is 1. The van der Waals surface area contributed by atoms with Crippen LogP contribution in [0.25, 0.3) is 10.2 Å². The Morgan fingerprint density at radius 2 is 2.39 bits per heavy atom. The van der Waals surface area contributed by atoms with Crippen LogP contribution in [-0.2, 0) is 0 Å². The maximum Gasteiger partial charge on any atom is 0.227 e. The molecule has 2 aromatic rings. The first-order valence-corrected chi connectivity index (χ1v) is 6.96. The quantitative estimate of drug-likeness (QED) is 0.614. The summed E-state index contributed by atoms with van der Waals surface area (Å²) in [6.07, 6.45) is 3.81. The van der Waals surface area contributed by atoms with Crippen LogP contribution in [0, 0.1) is 0 Å². The third kappa shape index (κ3) is 2.98. The first-order chi connectivity index (χ1) is 8.85. The molecule has 2 aromatic heterocycles. The van der Waals surface area contributed by atoms with Gasteiger partial charge in [0.2, 0.25) is 11.8 Å². The van der Waals surface area contributed by atoms with Crippen LogP contribution in [0.3, 0.4) is 0 Å². The van der Waals surface area contributed by atoms with Crippen molar-refractivity contribution in [2.45, 2.75) is 19.8 Å². The standard InChI is InChI=1S/C13H17N3OS/c1-3-5-6-8-17-11-10-7-9-18-12(10)16-13(15-11)14-4-2/h3,7,9H,1,4-6,8H2,2H3,(H,14,15,16). The van der Waals surface area contributed by atoms with E-state index in [1.165, 1.54) is 0 Å². The largest absolute Gasteiger partial charge is 0.477 e. The highest BCUT2D eigenvalue weighted by Crippen LogP contribution is 2.28. The van der Waals surface area contributed by atoms with Gasteiger partial charge in [0.15, 0.2) is 0 Å². The number of anilines is 1. The zero-order valence-corrected chi connectivity index (χ0v) is 11.3. The van der Waals surface area contributed by atoms with Crippen LogP contribution in [0.1, 0.15) is 19.8 Å². The lowest BCUT2D eigenvalue weighted by atomic mass is 10.3. The highest BCUT2D eigenvalue weighted by molar-refractivity contribution is 7.16. The molecule has 0 spiro atoms. The van der Waals surface area contributed by atoms with Gasteiger partial charge in [0, 0.05) is 6.54 Å². The van der Waals surface area contributed by atoms with Gasteiger partial charge in [-0.1, -0.05) is 6.08 Å². The molecule has 0 aliphatic heterocycles. The Morgan fingerprint density at radius 1 is 1.50 bits per heavy atom. The Labute approximate surface area is 111 Å². The lowest BCUT2D eigenvalue weighted by Gasteiger charge is -2.08. The summed E-state index contributed by atoms with van der Waals surface area (Å²) < 4.78 is 5.73. The van der Waals surface area contributed by atoms with E-state index in [1.807, 2.05) is 24.4 Å². The fourth-order valence-corrected chi connectivity index (χ4v) is 2.33. The van der Waals surface area contributed by atoms with Crippen molar-refractivity contribution in [3.63, 3.8) is 0 Å². The molecule has 4 nitrogen and oxygen atoms in total. The van der Waals surface area contributed by atoms with Crippen molar-refractivity contribution in [2.75, 3.05) is 18.5 Å². The van der Waals surface area contributed by atoms with Gasteiger partial charge in [-0.05, 0) is 31.2 Å². The van der Waals surface area contributed by atoms with E-state index in [2.05, 4.69) is 21.9 Å². The topological polar surface area (TPSA) is 47.0 Å². The Balaban J connectivity index is 2.17. The van der Waals surface area contributed by atoms with Crippen molar-refractivity contribution in [3.8, 4) is 5.88 Å². The number of nitrogens with zero attached hydrogens (tertiary/aromatic N) is 2. The van der Waals surface area contributed by atoms with Gasteiger partial charge in [0.1, 0.15) is 4.83 Å². The first kappa shape index (κ1) is 12.8. The number of fused-ring (bicyclic) bond motifs is 1. The van der Waals surface area contributed by atoms with Crippen LogP contribution < -0.4 is 10.1 Å². The maximum atomic E-state index is 5.73. The summed E-state index contributed by atoms with van der Waals surface area (Å²) in [6, 6.07) is 2.00. The molecule has 0 radical (unpaired) electrons. The average molecular weight is 263 g/mol. The molecule has 2 heterocycles. The third-order valence-electron chi connectivity index (χ3n) is 2.42. The predicted molar refractivity (Wildman–Crippen MR) is 76.5 cm³/mol. The summed E-state index contributed by atoms with van der Waals surface area (Å²) in [5.41, 5.74) is 0. The molecule has 2 rings (SSSR count). The Morgan fingerprint density at radius 3 is 3.17 bits per heavy atom. The van der Waals surface area contributed by atoms with Crippen molar-refractivity contribution >= 4 is 27.5 Å². The summed E-state index contributed by atoms with van der Waals surface area (Å²) in [6.45, 7) is 7.17. The van der Waals surface area contributed by atoms with Crippen molar-refractivity contribution < 1.29 is 4.74 Å². The Bertz CT molecular complexity index is 524. The van der Waals surface area contributed by atoms with Gasteiger partial charge < -0.3 is 10.1 Å². The molecular formula is C13H17N3OS. The van der Waals surface area contributed by atoms with E-state index in [0.29, 0.717) is 18.4 Å². The van der Waals surface area contributed by atoms with E-state index in [1.54, 1.807) is 11.3 Å². The molecule has 96 valence electrons. The molecule has 0 aliphatic rings. The molecule has 5 heteroatoms. The average Bonchev–Trinajstić information content (AvgIpc) is 2.83. The highest BCUT2D eigenvalue weighted by atomic mass is 32.1. The number of nitrogens with one attached hydrogen (secondary N) is 1. The van der Waals surface area contributed by atoms with Gasteiger partial charge >= 0.3 is 0 Å². The van der Waals surface area contributed by atoms with Gasteiger partial charge in [-0.3, -0.25) is 0 Å². The lowest BCUT2D eigenvalue weighted by molar-refractivity contribution is 0.304. The zero-order valence-electron chi connectivity index (χ0n) is 10.5. The second kappa shape index (κ2) is 6.35. The summed E-state index contributed by atoms with van der Waals surface area (Å²) in [5, 5.41) is 6.11. The van der Waals surface area contributed by atoms with Crippen LogP contribution in [-0.4, -0.2) is 23.1 Å². The van der Waals surface area contributed by atoms with E-state index in [-0.39, 0.29) is 0 Å². The normalized spacial score (nSPS) is 10.5. The number of aromatic nitrogens is 2. The van der Waals surface area contributed by atoms with Crippen molar-refractivity contribution in [3.05, 3.63) is 24.1 Å². The number of allylic oxidation sites excluding steroid dienone is 1. The smallest absolute Gasteiger partial charge is 0.227 e. The summed E-state index contributed by atoms with van der Waals surface area (Å²) in [4.78, 5) is 9.79. The fourth-order valence-electron chi connectivity index (χ4n) is 1.57. The zero-order chi connectivity index (χ0) is 12.8. The highest BCUT2D eigenvalue weighted by Gasteiger charge is 2.09. The molecule has 0 saturated heterocycles. The summed E-state index contributed by atoms with van der Waals surface area (Å²) in [7, 11) is 0. The Hall–Kier alpha value is -1.62. The molecule has 1 N–H and O–H groups in total. The van der Waals surface area contributed by atoms with Crippen molar-refractivity contribution in [1.29, 1.82) is 0 Å². The van der Waals surface area contributed by atoms with E-state index in [4.69, 9.17) is 4.74 Å². The molecule has 0 bridgehead atoms. The predicted octanol–water partition coefficient (Wildman–Crippen LogP) is 3.47. The van der Waals surface area contributed by atoms with Gasteiger partial charge in [0.25, 0.3) is 0 Å². The minimum Gasteiger partial charge on any atom is -0.477 e. The van der Waals surface area contributed by atoms with Gasteiger partial charge in [-0.25, -0.2) is 4.98 Å². The number of thiophene rings is 1. The fraction of sp³-hybridized carbons (Fsp3) is 0.385. The summed E-state index contributed by atoms with van der Waals surface area (Å²) >= 11 is 1.60. The third-order valence-corrected chi connectivity index (χ3v) is 3.22. The van der Waals surface area contributed by atoms with Crippen LogP contribution in [0.5, 0.6) is 5.88 Å². The second-order valence-electron chi connectivity index (χ2n) is 3.80. The van der Waals surface area contributed by atoms with E-state index in [0.717, 1.165) is 29.6 Å². The SMILES string of the molecule is C=CCCCOc1nc(NCC)nc2sccc12. The molecule has 0 unspecified atom stereocenters. The minimum absolute atomic E-state index is 0.631. The van der Waals surface area contributed by atoms with Crippen LogP contribution in [0.15, 0.2) is 24.1 Å².